The van der Waals surface area contributed by atoms with E-state index in [1.807, 2.05) is 0 Å². The van der Waals surface area contributed by atoms with Crippen LogP contribution in [0.25, 0.3) is 0 Å². The maximum atomic E-state index is 10.9. The summed E-state index contributed by atoms with van der Waals surface area (Å²) in [6, 6.07) is 0.727. The molecule has 0 aliphatic heterocycles. The van der Waals surface area contributed by atoms with Gasteiger partial charge in [-0.2, -0.15) is 0 Å². The topological polar surface area (TPSA) is 49.3 Å². The molecule has 3 nitrogen and oxygen atoms in total. The number of hydrogen-bond donors (Lipinski definition) is 2. The Bertz CT molecular complexity index is 251. The molecule has 2 aliphatic rings. The second kappa shape index (κ2) is 7.13. The van der Waals surface area contributed by atoms with Gasteiger partial charge in [0.15, 0.2) is 0 Å². The molecule has 0 amide bonds. The average molecular weight is 253 g/mol. The summed E-state index contributed by atoms with van der Waals surface area (Å²) in [6.45, 7) is 1.11. The molecule has 2 aliphatic carbocycles. The van der Waals surface area contributed by atoms with Crippen LogP contribution in [0, 0.1) is 11.8 Å². The third-order valence-electron chi connectivity index (χ3n) is 4.75. The molecule has 0 saturated heterocycles. The van der Waals surface area contributed by atoms with Crippen molar-refractivity contribution in [1.29, 1.82) is 0 Å². The van der Waals surface area contributed by atoms with Crippen LogP contribution in [0.4, 0.5) is 0 Å². The lowest BCUT2D eigenvalue weighted by Crippen LogP contribution is -2.35. The molecule has 0 bridgehead atoms. The second-order valence-electron chi connectivity index (χ2n) is 6.15. The number of nitrogens with one attached hydrogen (secondary N) is 1. The van der Waals surface area contributed by atoms with Crippen LogP contribution < -0.4 is 5.32 Å². The fourth-order valence-electron chi connectivity index (χ4n) is 3.43. The molecule has 0 aromatic carbocycles. The molecule has 0 aromatic rings. The first-order valence-electron chi connectivity index (χ1n) is 7.72. The van der Waals surface area contributed by atoms with Crippen molar-refractivity contribution in [2.45, 2.75) is 70.3 Å². The van der Waals surface area contributed by atoms with E-state index in [4.69, 9.17) is 5.11 Å². The predicted molar refractivity (Wildman–Crippen MR) is 72.6 cm³/mol. The number of carbonyl (C=O) groups is 1. The van der Waals surface area contributed by atoms with Crippen LogP contribution in [-0.4, -0.2) is 23.7 Å². The number of carboxylic acid groups (broad SMARTS) is 1. The van der Waals surface area contributed by atoms with Crippen molar-refractivity contribution in [3.05, 3.63) is 0 Å². The van der Waals surface area contributed by atoms with Crippen molar-refractivity contribution in [1.82, 2.24) is 5.32 Å². The van der Waals surface area contributed by atoms with Gasteiger partial charge in [0.1, 0.15) is 0 Å². The molecule has 2 fully saturated rings. The highest BCUT2D eigenvalue weighted by molar-refractivity contribution is 5.69. The molecular formula is C15H27NO2. The van der Waals surface area contributed by atoms with Crippen LogP contribution in [0.3, 0.4) is 0 Å². The van der Waals surface area contributed by atoms with Crippen LogP contribution >= 0.6 is 0 Å². The third kappa shape index (κ3) is 4.27. The Balaban J connectivity index is 1.64. The zero-order valence-corrected chi connectivity index (χ0v) is 11.4. The van der Waals surface area contributed by atoms with E-state index in [1.54, 1.807) is 0 Å². The fraction of sp³-hybridized carbons (Fsp3) is 0.933. The molecule has 3 heteroatoms. The lowest BCUT2D eigenvalue weighted by Gasteiger charge is -2.28. The Morgan fingerprint density at radius 1 is 0.944 bits per heavy atom. The molecule has 0 unspecified atom stereocenters. The standard InChI is InChI=1S/C15H27NO2/c17-15(18)13-9-7-12(8-10-13)11-16-14-5-3-1-2-4-6-14/h12-14,16H,1-11H2,(H,17,18). The smallest absolute Gasteiger partial charge is 0.306 e. The summed E-state index contributed by atoms with van der Waals surface area (Å²) in [7, 11) is 0. The average Bonchev–Trinajstić information content (AvgIpc) is 2.65. The number of carboxylic acids is 1. The molecule has 0 aromatic heterocycles. The van der Waals surface area contributed by atoms with Gasteiger partial charge in [0.05, 0.1) is 5.92 Å². The molecule has 0 heterocycles. The van der Waals surface area contributed by atoms with Crippen LogP contribution in [0.15, 0.2) is 0 Å². The van der Waals surface area contributed by atoms with Crippen LogP contribution in [0.1, 0.15) is 64.2 Å². The zero-order chi connectivity index (χ0) is 12.8. The monoisotopic (exact) mass is 253 g/mol. The Morgan fingerprint density at radius 2 is 1.56 bits per heavy atom. The van der Waals surface area contributed by atoms with E-state index < -0.39 is 5.97 Å². The van der Waals surface area contributed by atoms with Gasteiger partial charge in [0.2, 0.25) is 0 Å². The Kier molecular flexibility index (Phi) is 5.48. The Morgan fingerprint density at radius 3 is 2.11 bits per heavy atom. The minimum absolute atomic E-state index is 0.0702. The van der Waals surface area contributed by atoms with Crippen molar-refractivity contribution < 1.29 is 9.90 Å². The van der Waals surface area contributed by atoms with Gasteiger partial charge in [-0.15, -0.1) is 0 Å². The van der Waals surface area contributed by atoms with Gasteiger partial charge >= 0.3 is 5.97 Å². The SMILES string of the molecule is O=C(O)C1CCC(CNC2CCCCCC2)CC1. The highest BCUT2D eigenvalue weighted by Crippen LogP contribution is 2.28. The second-order valence-corrected chi connectivity index (χ2v) is 6.15. The summed E-state index contributed by atoms with van der Waals surface area (Å²) in [5.74, 6) is 0.0492. The molecule has 18 heavy (non-hydrogen) atoms. The Hall–Kier alpha value is -0.570. The first-order valence-corrected chi connectivity index (χ1v) is 7.72. The predicted octanol–water partition coefficient (Wildman–Crippen LogP) is 3.19. The van der Waals surface area contributed by atoms with Gasteiger partial charge < -0.3 is 10.4 Å². The molecule has 2 saturated carbocycles. The molecule has 104 valence electrons. The molecule has 2 rings (SSSR count). The normalized spacial score (nSPS) is 30.9. The maximum Gasteiger partial charge on any atom is 0.306 e. The largest absolute Gasteiger partial charge is 0.481 e. The fourth-order valence-corrected chi connectivity index (χ4v) is 3.43. The molecule has 0 atom stereocenters. The van der Waals surface area contributed by atoms with Crippen LogP contribution in [0.5, 0.6) is 0 Å². The van der Waals surface area contributed by atoms with Crippen LogP contribution in [-0.2, 0) is 4.79 Å². The van der Waals surface area contributed by atoms with Crippen molar-refractivity contribution in [3.63, 3.8) is 0 Å². The minimum atomic E-state index is -0.592. The van der Waals surface area contributed by atoms with Gasteiger partial charge in [-0.1, -0.05) is 25.7 Å². The van der Waals surface area contributed by atoms with E-state index >= 15 is 0 Å². The highest BCUT2D eigenvalue weighted by Gasteiger charge is 2.26. The van der Waals surface area contributed by atoms with Gasteiger partial charge in [-0.25, -0.2) is 0 Å². The van der Waals surface area contributed by atoms with E-state index in [-0.39, 0.29) is 5.92 Å². The number of rotatable bonds is 4. The van der Waals surface area contributed by atoms with Crippen molar-refractivity contribution in [3.8, 4) is 0 Å². The summed E-state index contributed by atoms with van der Waals surface area (Å²) >= 11 is 0. The van der Waals surface area contributed by atoms with Crippen molar-refractivity contribution >= 4 is 5.97 Å². The van der Waals surface area contributed by atoms with Crippen LogP contribution in [0.2, 0.25) is 0 Å². The number of hydrogen-bond acceptors (Lipinski definition) is 2. The van der Waals surface area contributed by atoms with E-state index in [2.05, 4.69) is 5.32 Å². The van der Waals surface area contributed by atoms with Gasteiger partial charge in [0.25, 0.3) is 0 Å². The summed E-state index contributed by atoms with van der Waals surface area (Å²) in [4.78, 5) is 10.9. The first-order chi connectivity index (χ1) is 8.75. The van der Waals surface area contributed by atoms with Crippen molar-refractivity contribution in [2.75, 3.05) is 6.54 Å². The summed E-state index contributed by atoms with van der Waals surface area (Å²) in [5, 5.41) is 12.7. The molecule has 0 spiro atoms. The van der Waals surface area contributed by atoms with Gasteiger partial charge in [-0.05, 0) is 51.0 Å². The molecule has 2 N–H and O–H groups in total. The lowest BCUT2D eigenvalue weighted by atomic mass is 9.82. The van der Waals surface area contributed by atoms with E-state index in [1.165, 1.54) is 38.5 Å². The van der Waals surface area contributed by atoms with Gasteiger partial charge in [0, 0.05) is 6.04 Å². The first kappa shape index (κ1) is 13.9. The van der Waals surface area contributed by atoms with E-state index in [9.17, 15) is 4.79 Å². The quantitative estimate of drug-likeness (QED) is 0.756. The number of aliphatic carboxylic acids is 1. The zero-order valence-electron chi connectivity index (χ0n) is 11.4. The molecule has 0 radical (unpaired) electrons. The van der Waals surface area contributed by atoms with E-state index in [0.717, 1.165) is 38.3 Å². The summed E-state index contributed by atoms with van der Waals surface area (Å²) in [5.41, 5.74) is 0. The maximum absolute atomic E-state index is 10.9. The Labute approximate surface area is 110 Å². The summed E-state index contributed by atoms with van der Waals surface area (Å²) in [6.07, 6.45) is 12.2. The minimum Gasteiger partial charge on any atom is -0.481 e. The van der Waals surface area contributed by atoms with Gasteiger partial charge in [-0.3, -0.25) is 4.79 Å². The molecular weight excluding hydrogens is 226 g/mol. The third-order valence-corrected chi connectivity index (χ3v) is 4.75. The highest BCUT2D eigenvalue weighted by atomic mass is 16.4. The van der Waals surface area contributed by atoms with Crippen molar-refractivity contribution in [2.24, 2.45) is 11.8 Å². The summed E-state index contributed by atoms with van der Waals surface area (Å²) < 4.78 is 0. The van der Waals surface area contributed by atoms with E-state index in [0.29, 0.717) is 5.92 Å². The lowest BCUT2D eigenvalue weighted by molar-refractivity contribution is -0.143.